The quantitative estimate of drug-likeness (QED) is 0.665. The molecule has 1 atom stereocenters. The van der Waals surface area contributed by atoms with E-state index in [0.717, 1.165) is 37.6 Å². The zero-order valence-corrected chi connectivity index (χ0v) is 10.7. The summed E-state index contributed by atoms with van der Waals surface area (Å²) in [6.07, 6.45) is 2.15. The van der Waals surface area contributed by atoms with E-state index in [-0.39, 0.29) is 0 Å². The molecule has 0 aliphatic rings. The van der Waals surface area contributed by atoms with Gasteiger partial charge in [-0.3, -0.25) is 0 Å². The zero-order chi connectivity index (χ0) is 11.8. The predicted octanol–water partition coefficient (Wildman–Crippen LogP) is 2.32. The summed E-state index contributed by atoms with van der Waals surface area (Å²) in [5.41, 5.74) is 0. The van der Waals surface area contributed by atoms with Gasteiger partial charge in [0.05, 0.1) is 6.54 Å². The molecule has 0 aromatic carbocycles. The highest BCUT2D eigenvalue weighted by atomic mass is 16.3. The van der Waals surface area contributed by atoms with Crippen LogP contribution in [0.2, 0.25) is 0 Å². The highest BCUT2D eigenvalue weighted by molar-refractivity contribution is 5.06. The molecule has 3 nitrogen and oxygen atoms in total. The maximum absolute atomic E-state index is 5.63. The average molecular weight is 224 g/mol. The summed E-state index contributed by atoms with van der Waals surface area (Å²) in [5, 5.41) is 6.83. The van der Waals surface area contributed by atoms with E-state index in [2.05, 4.69) is 43.5 Å². The molecule has 0 aliphatic heterocycles. The van der Waals surface area contributed by atoms with Crippen molar-refractivity contribution in [1.82, 2.24) is 10.6 Å². The van der Waals surface area contributed by atoms with Gasteiger partial charge in [0.15, 0.2) is 0 Å². The van der Waals surface area contributed by atoms with Crippen molar-refractivity contribution >= 4 is 0 Å². The van der Waals surface area contributed by atoms with Crippen LogP contribution in [0.25, 0.3) is 0 Å². The maximum Gasteiger partial charge on any atom is 0.117 e. The van der Waals surface area contributed by atoms with Gasteiger partial charge in [-0.05, 0) is 32.0 Å². The van der Waals surface area contributed by atoms with Gasteiger partial charge in [-0.2, -0.15) is 0 Å². The minimum atomic E-state index is 0.474. The minimum absolute atomic E-state index is 0.474. The highest BCUT2D eigenvalue weighted by Gasteiger charge is 2.03. The van der Waals surface area contributed by atoms with Gasteiger partial charge in [0.25, 0.3) is 0 Å². The summed E-state index contributed by atoms with van der Waals surface area (Å²) in [6.45, 7) is 9.39. The fraction of sp³-hybridized carbons (Fsp3) is 0.692. The van der Waals surface area contributed by atoms with Gasteiger partial charge in [-0.1, -0.05) is 13.8 Å². The fourth-order valence-corrected chi connectivity index (χ4v) is 1.55. The second kappa shape index (κ2) is 7.47. The molecule has 92 valence electrons. The molecule has 1 aromatic heterocycles. The van der Waals surface area contributed by atoms with Crippen molar-refractivity contribution in [3.05, 3.63) is 23.7 Å². The Hall–Kier alpha value is -0.800. The van der Waals surface area contributed by atoms with E-state index >= 15 is 0 Å². The van der Waals surface area contributed by atoms with Crippen LogP contribution in [-0.4, -0.2) is 19.1 Å². The first-order valence-electron chi connectivity index (χ1n) is 6.28. The number of furan rings is 1. The van der Waals surface area contributed by atoms with Gasteiger partial charge in [0.2, 0.25) is 0 Å². The van der Waals surface area contributed by atoms with E-state index < -0.39 is 0 Å². The molecule has 2 N–H and O–H groups in total. The Bertz CT molecular complexity index is 283. The molecular weight excluding hydrogens is 200 g/mol. The molecule has 1 rings (SSSR count). The Morgan fingerprint density at radius 2 is 2.00 bits per heavy atom. The van der Waals surface area contributed by atoms with Crippen LogP contribution in [0, 0.1) is 0 Å². The highest BCUT2D eigenvalue weighted by Crippen LogP contribution is 2.07. The first-order valence-corrected chi connectivity index (χ1v) is 6.28. The third-order valence-electron chi connectivity index (χ3n) is 2.57. The van der Waals surface area contributed by atoms with E-state index in [1.807, 2.05) is 0 Å². The standard InChI is InChI=1S/C13H24N2O/c1-4-8-14-9-11(3)15-10-13-7-6-12(5-2)16-13/h6-7,11,14-15H,4-5,8-10H2,1-3H3. The lowest BCUT2D eigenvalue weighted by Crippen LogP contribution is -2.36. The third kappa shape index (κ3) is 4.81. The molecular formula is C13H24N2O. The second-order valence-corrected chi connectivity index (χ2v) is 4.21. The Kier molecular flexibility index (Phi) is 6.19. The monoisotopic (exact) mass is 224 g/mol. The fourth-order valence-electron chi connectivity index (χ4n) is 1.55. The van der Waals surface area contributed by atoms with Gasteiger partial charge < -0.3 is 15.1 Å². The molecule has 1 heterocycles. The van der Waals surface area contributed by atoms with Crippen molar-refractivity contribution in [2.45, 2.75) is 46.2 Å². The Morgan fingerprint density at radius 1 is 1.25 bits per heavy atom. The second-order valence-electron chi connectivity index (χ2n) is 4.21. The molecule has 1 unspecified atom stereocenters. The van der Waals surface area contributed by atoms with Crippen LogP contribution < -0.4 is 10.6 Å². The van der Waals surface area contributed by atoms with E-state index in [9.17, 15) is 0 Å². The smallest absolute Gasteiger partial charge is 0.117 e. The van der Waals surface area contributed by atoms with E-state index in [0.29, 0.717) is 6.04 Å². The molecule has 0 aliphatic carbocycles. The van der Waals surface area contributed by atoms with Crippen molar-refractivity contribution in [2.24, 2.45) is 0 Å². The number of nitrogens with one attached hydrogen (secondary N) is 2. The zero-order valence-electron chi connectivity index (χ0n) is 10.7. The van der Waals surface area contributed by atoms with Crippen molar-refractivity contribution in [3.8, 4) is 0 Å². The van der Waals surface area contributed by atoms with Crippen LogP contribution in [0.5, 0.6) is 0 Å². The largest absolute Gasteiger partial charge is 0.465 e. The summed E-state index contributed by atoms with van der Waals surface area (Å²) in [7, 11) is 0. The molecule has 3 heteroatoms. The van der Waals surface area contributed by atoms with E-state index in [1.54, 1.807) is 0 Å². The van der Waals surface area contributed by atoms with Crippen LogP contribution in [0.4, 0.5) is 0 Å². The summed E-state index contributed by atoms with van der Waals surface area (Å²) >= 11 is 0. The molecule has 16 heavy (non-hydrogen) atoms. The Balaban J connectivity index is 2.18. The van der Waals surface area contributed by atoms with E-state index in [4.69, 9.17) is 4.42 Å². The summed E-state index contributed by atoms with van der Waals surface area (Å²) in [5.74, 6) is 2.09. The van der Waals surface area contributed by atoms with Crippen LogP contribution in [0.3, 0.4) is 0 Å². The molecule has 1 aromatic rings. The summed E-state index contributed by atoms with van der Waals surface area (Å²) in [4.78, 5) is 0. The first kappa shape index (κ1) is 13.3. The van der Waals surface area contributed by atoms with Crippen molar-refractivity contribution in [1.29, 1.82) is 0 Å². The average Bonchev–Trinajstić information content (AvgIpc) is 2.74. The van der Waals surface area contributed by atoms with Crippen molar-refractivity contribution < 1.29 is 4.42 Å². The minimum Gasteiger partial charge on any atom is -0.465 e. The van der Waals surface area contributed by atoms with Gasteiger partial charge in [-0.25, -0.2) is 0 Å². The van der Waals surface area contributed by atoms with Crippen LogP contribution in [-0.2, 0) is 13.0 Å². The number of hydrogen-bond acceptors (Lipinski definition) is 3. The lowest BCUT2D eigenvalue weighted by Gasteiger charge is -2.13. The predicted molar refractivity (Wildman–Crippen MR) is 67.5 cm³/mol. The van der Waals surface area contributed by atoms with Gasteiger partial charge in [0.1, 0.15) is 11.5 Å². The molecule has 0 radical (unpaired) electrons. The Morgan fingerprint density at radius 3 is 2.62 bits per heavy atom. The summed E-state index contributed by atoms with van der Waals surface area (Å²) in [6, 6.07) is 4.58. The van der Waals surface area contributed by atoms with Crippen LogP contribution >= 0.6 is 0 Å². The van der Waals surface area contributed by atoms with Crippen LogP contribution in [0.1, 0.15) is 38.7 Å². The summed E-state index contributed by atoms with van der Waals surface area (Å²) < 4.78 is 5.63. The lowest BCUT2D eigenvalue weighted by molar-refractivity contribution is 0.423. The normalized spacial score (nSPS) is 12.9. The molecule has 0 amide bonds. The van der Waals surface area contributed by atoms with Gasteiger partial charge in [0, 0.05) is 19.0 Å². The molecule has 0 saturated carbocycles. The number of aryl methyl sites for hydroxylation is 1. The van der Waals surface area contributed by atoms with Crippen molar-refractivity contribution in [3.63, 3.8) is 0 Å². The first-order chi connectivity index (χ1) is 7.76. The lowest BCUT2D eigenvalue weighted by atomic mass is 10.3. The molecule has 0 saturated heterocycles. The number of rotatable bonds is 8. The number of hydrogen-bond donors (Lipinski definition) is 2. The topological polar surface area (TPSA) is 37.2 Å². The van der Waals surface area contributed by atoms with Crippen molar-refractivity contribution in [2.75, 3.05) is 13.1 Å². The van der Waals surface area contributed by atoms with E-state index in [1.165, 1.54) is 6.42 Å². The maximum atomic E-state index is 5.63. The molecule has 0 bridgehead atoms. The van der Waals surface area contributed by atoms with Gasteiger partial charge in [-0.15, -0.1) is 0 Å². The van der Waals surface area contributed by atoms with Crippen LogP contribution in [0.15, 0.2) is 16.5 Å². The Labute approximate surface area is 98.6 Å². The molecule has 0 fully saturated rings. The SMILES string of the molecule is CCCNCC(C)NCc1ccc(CC)o1. The third-order valence-corrected chi connectivity index (χ3v) is 2.57. The molecule has 0 spiro atoms. The van der Waals surface area contributed by atoms with Gasteiger partial charge >= 0.3 is 0 Å².